The Morgan fingerprint density at radius 1 is 1.45 bits per heavy atom. The van der Waals surface area contributed by atoms with E-state index >= 15 is 0 Å². The van der Waals surface area contributed by atoms with Crippen LogP contribution in [0.3, 0.4) is 0 Å². The number of carbonyl (C=O) groups excluding carboxylic acids is 2. The van der Waals surface area contributed by atoms with E-state index in [1.807, 2.05) is 0 Å². The standard InChI is InChI=1S/C15H16Cl2N2O3/c1-8(20)4-13(21)19-3-2-15(7-19)9-5-10(16)11(17)6-12(9)18-14(15)22/h5-6,8,20H,2-4,7H2,1H3,(H,18,22)/t8-,15-/m1/s1. The van der Waals surface area contributed by atoms with E-state index in [0.717, 1.165) is 5.56 Å². The van der Waals surface area contributed by atoms with Crippen LogP contribution in [0.5, 0.6) is 0 Å². The summed E-state index contributed by atoms with van der Waals surface area (Å²) in [5.41, 5.74) is 0.682. The van der Waals surface area contributed by atoms with Gasteiger partial charge in [0, 0.05) is 18.8 Å². The second-order valence-electron chi connectivity index (χ2n) is 5.97. The Morgan fingerprint density at radius 3 is 2.82 bits per heavy atom. The summed E-state index contributed by atoms with van der Waals surface area (Å²) in [7, 11) is 0. The summed E-state index contributed by atoms with van der Waals surface area (Å²) in [4.78, 5) is 26.2. The zero-order chi connectivity index (χ0) is 16.1. The van der Waals surface area contributed by atoms with Crippen LogP contribution < -0.4 is 5.32 Å². The van der Waals surface area contributed by atoms with E-state index < -0.39 is 11.5 Å². The van der Waals surface area contributed by atoms with E-state index in [4.69, 9.17) is 23.2 Å². The van der Waals surface area contributed by atoms with Crippen LogP contribution in [0.15, 0.2) is 12.1 Å². The number of nitrogens with one attached hydrogen (secondary N) is 1. The molecule has 0 aliphatic carbocycles. The smallest absolute Gasteiger partial charge is 0.237 e. The number of amides is 2. The van der Waals surface area contributed by atoms with E-state index in [1.165, 1.54) is 0 Å². The van der Waals surface area contributed by atoms with E-state index in [9.17, 15) is 14.7 Å². The SMILES string of the molecule is C[C@@H](O)CC(=O)N1CC[C@]2(C1)C(=O)Nc1cc(Cl)c(Cl)cc12. The zero-order valence-corrected chi connectivity index (χ0v) is 13.5. The molecule has 7 heteroatoms. The van der Waals surface area contributed by atoms with Gasteiger partial charge in [0.05, 0.1) is 28.0 Å². The Morgan fingerprint density at radius 2 is 2.14 bits per heavy atom. The number of fused-ring (bicyclic) bond motifs is 2. The van der Waals surface area contributed by atoms with Crippen molar-refractivity contribution in [2.75, 3.05) is 18.4 Å². The van der Waals surface area contributed by atoms with Crippen LogP contribution in [-0.4, -0.2) is 41.0 Å². The van der Waals surface area contributed by atoms with Gasteiger partial charge in [0.1, 0.15) is 0 Å². The molecule has 1 saturated heterocycles. The Labute approximate surface area is 138 Å². The van der Waals surface area contributed by atoms with Crippen molar-refractivity contribution in [1.82, 2.24) is 4.90 Å². The molecule has 2 amide bonds. The lowest BCUT2D eigenvalue weighted by molar-refractivity contribution is -0.132. The molecule has 22 heavy (non-hydrogen) atoms. The van der Waals surface area contributed by atoms with Crippen molar-refractivity contribution >= 4 is 40.7 Å². The van der Waals surface area contributed by atoms with Crippen LogP contribution in [0, 0.1) is 0 Å². The lowest BCUT2D eigenvalue weighted by Gasteiger charge is -2.23. The highest BCUT2D eigenvalue weighted by Gasteiger charge is 2.52. The molecule has 2 heterocycles. The molecule has 2 atom stereocenters. The molecule has 2 aliphatic rings. The number of aliphatic hydroxyl groups is 1. The molecule has 2 N–H and O–H groups in total. The number of aliphatic hydroxyl groups excluding tert-OH is 1. The third-order valence-corrected chi connectivity index (χ3v) is 5.07. The molecular weight excluding hydrogens is 327 g/mol. The van der Waals surface area contributed by atoms with Crippen LogP contribution >= 0.6 is 23.2 Å². The Bertz CT molecular complexity index is 662. The molecule has 1 fully saturated rings. The first-order chi connectivity index (χ1) is 10.3. The second-order valence-corrected chi connectivity index (χ2v) is 6.78. The molecule has 0 aromatic heterocycles. The summed E-state index contributed by atoms with van der Waals surface area (Å²) in [6, 6.07) is 3.35. The topological polar surface area (TPSA) is 69.6 Å². The molecule has 1 aromatic rings. The molecule has 0 saturated carbocycles. The fraction of sp³-hybridized carbons (Fsp3) is 0.467. The first kappa shape index (κ1) is 15.6. The quantitative estimate of drug-likeness (QED) is 0.865. The van der Waals surface area contributed by atoms with Gasteiger partial charge in [0.2, 0.25) is 11.8 Å². The highest BCUT2D eigenvalue weighted by atomic mass is 35.5. The molecule has 0 radical (unpaired) electrons. The number of rotatable bonds is 2. The average Bonchev–Trinajstić information content (AvgIpc) is 2.97. The number of carbonyl (C=O) groups is 2. The van der Waals surface area contributed by atoms with Crippen molar-refractivity contribution in [2.24, 2.45) is 0 Å². The van der Waals surface area contributed by atoms with Crippen LogP contribution in [-0.2, 0) is 15.0 Å². The number of halogens is 2. The summed E-state index contributed by atoms with van der Waals surface area (Å²) < 4.78 is 0. The van der Waals surface area contributed by atoms with Crippen LogP contribution in [0.25, 0.3) is 0 Å². The lowest BCUT2D eigenvalue weighted by Crippen LogP contribution is -2.39. The molecule has 0 unspecified atom stereocenters. The lowest BCUT2D eigenvalue weighted by atomic mass is 9.81. The highest BCUT2D eigenvalue weighted by Crippen LogP contribution is 2.46. The van der Waals surface area contributed by atoms with Crippen molar-refractivity contribution in [3.63, 3.8) is 0 Å². The van der Waals surface area contributed by atoms with E-state index in [1.54, 1.807) is 24.0 Å². The molecule has 118 valence electrons. The Kier molecular flexibility index (Phi) is 3.83. The maximum absolute atomic E-state index is 12.5. The van der Waals surface area contributed by atoms with Crippen molar-refractivity contribution in [2.45, 2.75) is 31.3 Å². The largest absolute Gasteiger partial charge is 0.393 e. The van der Waals surface area contributed by atoms with Crippen LogP contribution in [0.4, 0.5) is 5.69 Å². The fourth-order valence-electron chi connectivity index (χ4n) is 3.22. The van der Waals surface area contributed by atoms with E-state index in [0.29, 0.717) is 35.2 Å². The number of hydrogen-bond acceptors (Lipinski definition) is 3. The molecule has 5 nitrogen and oxygen atoms in total. The maximum atomic E-state index is 12.5. The summed E-state index contributed by atoms with van der Waals surface area (Å²) in [5.74, 6) is -0.277. The molecule has 1 spiro atoms. The predicted molar refractivity (Wildman–Crippen MR) is 84.3 cm³/mol. The maximum Gasteiger partial charge on any atom is 0.237 e. The van der Waals surface area contributed by atoms with Crippen molar-refractivity contribution in [3.05, 3.63) is 27.7 Å². The van der Waals surface area contributed by atoms with Gasteiger partial charge in [-0.1, -0.05) is 23.2 Å². The number of nitrogens with zero attached hydrogens (tertiary/aromatic N) is 1. The molecule has 0 bridgehead atoms. The van der Waals surface area contributed by atoms with Gasteiger partial charge < -0.3 is 15.3 Å². The summed E-state index contributed by atoms with van der Waals surface area (Å²) >= 11 is 12.1. The number of likely N-dealkylation sites (tertiary alicyclic amines) is 1. The van der Waals surface area contributed by atoms with Crippen LogP contribution in [0.1, 0.15) is 25.3 Å². The third kappa shape index (κ3) is 2.37. The minimum absolute atomic E-state index is 0.0614. The first-order valence-corrected chi connectivity index (χ1v) is 7.86. The molecular formula is C15H16Cl2N2O3. The van der Waals surface area contributed by atoms with E-state index in [-0.39, 0.29) is 18.2 Å². The molecule has 1 aromatic carbocycles. The van der Waals surface area contributed by atoms with Crippen LogP contribution in [0.2, 0.25) is 10.0 Å². The molecule has 3 rings (SSSR count). The monoisotopic (exact) mass is 342 g/mol. The van der Waals surface area contributed by atoms with Crippen molar-refractivity contribution < 1.29 is 14.7 Å². The predicted octanol–water partition coefficient (Wildman–Crippen LogP) is 2.19. The number of hydrogen-bond donors (Lipinski definition) is 2. The molecule has 2 aliphatic heterocycles. The first-order valence-electron chi connectivity index (χ1n) is 7.10. The highest BCUT2D eigenvalue weighted by molar-refractivity contribution is 6.42. The summed E-state index contributed by atoms with van der Waals surface area (Å²) in [6.07, 6.45) is -0.0941. The van der Waals surface area contributed by atoms with Gasteiger partial charge in [-0.3, -0.25) is 9.59 Å². The van der Waals surface area contributed by atoms with Gasteiger partial charge in [-0.05, 0) is 31.0 Å². The van der Waals surface area contributed by atoms with Gasteiger partial charge in [0.25, 0.3) is 0 Å². The van der Waals surface area contributed by atoms with Gasteiger partial charge in [-0.15, -0.1) is 0 Å². The number of benzene rings is 1. The van der Waals surface area contributed by atoms with Gasteiger partial charge in [0.15, 0.2) is 0 Å². The summed E-state index contributed by atoms with van der Waals surface area (Å²) in [6.45, 7) is 2.36. The van der Waals surface area contributed by atoms with Gasteiger partial charge >= 0.3 is 0 Å². The average molecular weight is 343 g/mol. The normalized spacial score (nSPS) is 24.5. The van der Waals surface area contributed by atoms with Gasteiger partial charge in [-0.2, -0.15) is 0 Å². The van der Waals surface area contributed by atoms with Crippen molar-refractivity contribution in [3.8, 4) is 0 Å². The Hall–Kier alpha value is -1.30. The third-order valence-electron chi connectivity index (χ3n) is 4.35. The zero-order valence-electron chi connectivity index (χ0n) is 12.0. The second kappa shape index (κ2) is 5.41. The summed E-state index contributed by atoms with van der Waals surface area (Å²) in [5, 5.41) is 13.0. The minimum atomic E-state index is -0.766. The minimum Gasteiger partial charge on any atom is -0.393 e. The number of anilines is 1. The van der Waals surface area contributed by atoms with E-state index in [2.05, 4.69) is 5.32 Å². The Balaban J connectivity index is 1.92. The van der Waals surface area contributed by atoms with Crippen molar-refractivity contribution in [1.29, 1.82) is 0 Å². The fourth-order valence-corrected chi connectivity index (χ4v) is 3.55. The van der Waals surface area contributed by atoms with Gasteiger partial charge in [-0.25, -0.2) is 0 Å².